The Bertz CT molecular complexity index is 806. The Morgan fingerprint density at radius 1 is 1.18 bits per heavy atom. The van der Waals surface area contributed by atoms with Crippen LogP contribution in [-0.4, -0.2) is 16.2 Å². The highest BCUT2D eigenvalue weighted by Crippen LogP contribution is 2.26. The van der Waals surface area contributed by atoms with Gasteiger partial charge in [0.15, 0.2) is 0 Å². The van der Waals surface area contributed by atoms with Crippen LogP contribution >= 0.6 is 0 Å². The molecule has 0 N–H and O–H groups in total. The summed E-state index contributed by atoms with van der Waals surface area (Å²) >= 11 is 0. The number of benzene rings is 1. The summed E-state index contributed by atoms with van der Waals surface area (Å²) in [5.41, 5.74) is -2.81. The van der Waals surface area contributed by atoms with Crippen LogP contribution in [-0.2, 0) is 19.8 Å². The first-order chi connectivity index (χ1) is 10.3. The number of hydrogen-bond acceptors (Lipinski definition) is 3. The topological polar surface area (TPSA) is 53.2 Å². The molecular formula is C14H13F3N2O3. The number of alkyl halides is 3. The van der Waals surface area contributed by atoms with Gasteiger partial charge in [-0.25, -0.2) is 4.79 Å². The van der Waals surface area contributed by atoms with Crippen LogP contribution in [0.1, 0.15) is 11.3 Å². The van der Waals surface area contributed by atoms with Crippen molar-refractivity contribution < 1.29 is 17.9 Å². The number of ether oxygens (including phenoxy) is 1. The quantitative estimate of drug-likeness (QED) is 0.865. The molecule has 0 fully saturated rings. The third-order valence-corrected chi connectivity index (χ3v) is 3.22. The van der Waals surface area contributed by atoms with Gasteiger partial charge in [-0.15, -0.1) is 0 Å². The predicted octanol–water partition coefficient (Wildman–Crippen LogP) is 1.62. The molecule has 0 saturated heterocycles. The molecule has 0 aliphatic rings. The maximum atomic E-state index is 12.8. The molecule has 0 atom stereocenters. The van der Waals surface area contributed by atoms with Crippen LogP contribution in [0.15, 0.2) is 39.9 Å². The van der Waals surface area contributed by atoms with Gasteiger partial charge in [0.25, 0.3) is 5.56 Å². The van der Waals surface area contributed by atoms with Gasteiger partial charge in [0.1, 0.15) is 11.4 Å². The number of nitrogens with zero attached hydrogens (tertiary/aromatic N) is 2. The van der Waals surface area contributed by atoms with E-state index in [4.69, 9.17) is 4.74 Å². The number of methoxy groups -OCH3 is 1. The van der Waals surface area contributed by atoms with Gasteiger partial charge in [0, 0.05) is 18.7 Å². The van der Waals surface area contributed by atoms with Crippen LogP contribution in [0, 0.1) is 0 Å². The summed E-state index contributed by atoms with van der Waals surface area (Å²) in [6.45, 7) is -0.173. The van der Waals surface area contributed by atoms with Crippen LogP contribution in [0.25, 0.3) is 0 Å². The van der Waals surface area contributed by atoms with Crippen molar-refractivity contribution in [2.24, 2.45) is 7.05 Å². The van der Waals surface area contributed by atoms with E-state index >= 15 is 0 Å². The van der Waals surface area contributed by atoms with E-state index in [9.17, 15) is 22.8 Å². The molecule has 0 spiro atoms. The first-order valence-corrected chi connectivity index (χ1v) is 6.25. The number of aromatic nitrogens is 2. The Hall–Kier alpha value is -2.51. The average Bonchev–Trinajstić information content (AvgIpc) is 2.46. The molecule has 0 bridgehead atoms. The molecule has 1 heterocycles. The molecule has 5 nitrogen and oxygen atoms in total. The minimum absolute atomic E-state index is 0.173. The Kier molecular flexibility index (Phi) is 4.11. The van der Waals surface area contributed by atoms with Crippen molar-refractivity contribution in [3.63, 3.8) is 0 Å². The van der Waals surface area contributed by atoms with Crippen LogP contribution in [0.4, 0.5) is 13.2 Å². The lowest BCUT2D eigenvalue weighted by molar-refractivity contribution is -0.144. The summed E-state index contributed by atoms with van der Waals surface area (Å²) in [4.78, 5) is 23.9. The highest BCUT2D eigenvalue weighted by Gasteiger charge is 2.34. The maximum absolute atomic E-state index is 12.8. The summed E-state index contributed by atoms with van der Waals surface area (Å²) in [5, 5.41) is 0. The lowest BCUT2D eigenvalue weighted by Crippen LogP contribution is -2.41. The van der Waals surface area contributed by atoms with E-state index in [2.05, 4.69) is 0 Å². The molecule has 0 aliphatic heterocycles. The summed E-state index contributed by atoms with van der Waals surface area (Å²) < 4.78 is 44.5. The maximum Gasteiger partial charge on any atom is 0.431 e. The molecule has 0 unspecified atom stereocenters. The summed E-state index contributed by atoms with van der Waals surface area (Å²) in [6.07, 6.45) is -4.77. The normalized spacial score (nSPS) is 11.5. The fourth-order valence-corrected chi connectivity index (χ4v) is 2.09. The SMILES string of the molecule is COc1ccccc1Cn1c(=O)cc(C(F)(F)F)n(C)c1=O. The number of rotatable bonds is 3. The molecule has 1 aromatic carbocycles. The van der Waals surface area contributed by atoms with Crippen molar-refractivity contribution in [3.05, 3.63) is 62.4 Å². The summed E-state index contributed by atoms with van der Waals surface area (Å²) in [5.74, 6) is 0.441. The van der Waals surface area contributed by atoms with Crippen molar-refractivity contribution in [2.45, 2.75) is 12.7 Å². The minimum atomic E-state index is -4.77. The predicted molar refractivity (Wildman–Crippen MR) is 73.0 cm³/mol. The second kappa shape index (κ2) is 5.70. The van der Waals surface area contributed by atoms with Crippen LogP contribution < -0.4 is 16.0 Å². The molecule has 22 heavy (non-hydrogen) atoms. The second-order valence-corrected chi connectivity index (χ2v) is 4.61. The highest BCUT2D eigenvalue weighted by molar-refractivity contribution is 5.33. The molecular weight excluding hydrogens is 301 g/mol. The smallest absolute Gasteiger partial charge is 0.431 e. The fourth-order valence-electron chi connectivity index (χ4n) is 2.09. The van der Waals surface area contributed by atoms with Crippen LogP contribution in [0.3, 0.4) is 0 Å². The minimum Gasteiger partial charge on any atom is -0.496 e. The Labute approximate surface area is 123 Å². The van der Waals surface area contributed by atoms with Gasteiger partial charge in [0.05, 0.1) is 13.7 Å². The van der Waals surface area contributed by atoms with Gasteiger partial charge in [-0.05, 0) is 6.07 Å². The van der Waals surface area contributed by atoms with Gasteiger partial charge < -0.3 is 4.74 Å². The van der Waals surface area contributed by atoms with Crippen molar-refractivity contribution in [2.75, 3.05) is 7.11 Å². The lowest BCUT2D eigenvalue weighted by Gasteiger charge is -2.14. The third kappa shape index (κ3) is 2.90. The molecule has 0 radical (unpaired) electrons. The first kappa shape index (κ1) is 15.9. The standard InChI is InChI=1S/C14H13F3N2O3/c1-18-11(14(15,16)17)7-12(20)19(13(18)21)8-9-5-3-4-6-10(9)22-2/h3-7H,8H2,1-2H3. The lowest BCUT2D eigenvalue weighted by atomic mass is 10.2. The molecule has 0 amide bonds. The Morgan fingerprint density at radius 3 is 2.41 bits per heavy atom. The molecule has 1 aromatic heterocycles. The second-order valence-electron chi connectivity index (χ2n) is 4.61. The van der Waals surface area contributed by atoms with Crippen molar-refractivity contribution in [1.82, 2.24) is 9.13 Å². The number of halogens is 3. The molecule has 0 saturated carbocycles. The largest absolute Gasteiger partial charge is 0.496 e. The average molecular weight is 314 g/mol. The zero-order chi connectivity index (χ0) is 16.5. The first-order valence-electron chi connectivity index (χ1n) is 6.25. The molecule has 8 heteroatoms. The molecule has 0 aliphatic carbocycles. The fraction of sp³-hybridized carbons (Fsp3) is 0.286. The zero-order valence-electron chi connectivity index (χ0n) is 11.8. The zero-order valence-corrected chi connectivity index (χ0v) is 11.8. The van der Waals surface area contributed by atoms with Crippen molar-refractivity contribution in [3.8, 4) is 5.75 Å². The monoisotopic (exact) mass is 314 g/mol. The van der Waals surface area contributed by atoms with Gasteiger partial charge >= 0.3 is 11.9 Å². The third-order valence-electron chi connectivity index (χ3n) is 3.22. The van der Waals surface area contributed by atoms with E-state index in [1.54, 1.807) is 24.3 Å². The van der Waals surface area contributed by atoms with E-state index in [1.807, 2.05) is 0 Å². The van der Waals surface area contributed by atoms with Crippen LogP contribution in [0.5, 0.6) is 5.75 Å². The van der Waals surface area contributed by atoms with Crippen molar-refractivity contribution in [1.29, 1.82) is 0 Å². The molecule has 2 rings (SSSR count). The van der Waals surface area contributed by atoms with E-state index in [0.29, 0.717) is 21.9 Å². The Morgan fingerprint density at radius 2 is 1.82 bits per heavy atom. The Balaban J connectivity index is 2.57. The summed E-state index contributed by atoms with van der Waals surface area (Å²) in [7, 11) is 2.40. The van der Waals surface area contributed by atoms with E-state index in [0.717, 1.165) is 11.6 Å². The van der Waals surface area contributed by atoms with E-state index < -0.39 is 23.1 Å². The molecule has 118 valence electrons. The van der Waals surface area contributed by atoms with Gasteiger partial charge in [-0.1, -0.05) is 18.2 Å². The van der Waals surface area contributed by atoms with Gasteiger partial charge in [0.2, 0.25) is 0 Å². The highest BCUT2D eigenvalue weighted by atomic mass is 19.4. The van der Waals surface area contributed by atoms with E-state index in [1.165, 1.54) is 7.11 Å². The summed E-state index contributed by atoms with van der Waals surface area (Å²) in [6, 6.07) is 7.06. The molecule has 2 aromatic rings. The van der Waals surface area contributed by atoms with Crippen LogP contribution in [0.2, 0.25) is 0 Å². The van der Waals surface area contributed by atoms with E-state index in [-0.39, 0.29) is 6.54 Å². The van der Waals surface area contributed by atoms with Gasteiger partial charge in [-0.3, -0.25) is 13.9 Å². The number of hydrogen-bond donors (Lipinski definition) is 0. The number of para-hydroxylation sites is 1. The van der Waals surface area contributed by atoms with Gasteiger partial charge in [-0.2, -0.15) is 13.2 Å². The van der Waals surface area contributed by atoms with Crippen molar-refractivity contribution >= 4 is 0 Å².